The van der Waals surface area contributed by atoms with E-state index in [1.165, 1.54) is 24.3 Å². The van der Waals surface area contributed by atoms with Crippen molar-refractivity contribution in [2.75, 3.05) is 4.90 Å². The standard InChI is InChI=1S/C24H16F5N3O3/c25-20(26)22-31-30-21(34-22)14-5-6-15-12-32(23(33)18(15)11-14)19-4-2-1-3-17(19)13-7-9-16(10-8-13)35-24(27,28)29/h1-11,20,23,33H,12H2. The van der Waals surface area contributed by atoms with Crippen molar-refractivity contribution in [2.24, 2.45) is 0 Å². The van der Waals surface area contributed by atoms with Gasteiger partial charge >= 0.3 is 12.8 Å². The fourth-order valence-electron chi connectivity index (χ4n) is 4.01. The molecule has 1 aliphatic rings. The van der Waals surface area contributed by atoms with E-state index >= 15 is 0 Å². The van der Waals surface area contributed by atoms with Gasteiger partial charge in [0.05, 0.1) is 0 Å². The minimum absolute atomic E-state index is 0.0877. The molecule has 0 bridgehead atoms. The number of alkyl halides is 5. The molecule has 0 saturated carbocycles. The van der Waals surface area contributed by atoms with Crippen molar-refractivity contribution in [1.82, 2.24) is 10.2 Å². The highest BCUT2D eigenvalue weighted by Crippen LogP contribution is 2.42. The second-order valence-electron chi connectivity index (χ2n) is 7.75. The SMILES string of the molecule is OC1c2cc(-c3nnc(C(F)F)o3)ccc2CN1c1ccccc1-c1ccc(OC(F)(F)F)cc1. The molecular weight excluding hydrogens is 473 g/mol. The molecule has 3 aromatic carbocycles. The summed E-state index contributed by atoms with van der Waals surface area (Å²) in [4.78, 5) is 1.72. The van der Waals surface area contributed by atoms with Crippen molar-refractivity contribution in [3.63, 3.8) is 0 Å². The molecule has 11 heteroatoms. The monoisotopic (exact) mass is 489 g/mol. The Balaban J connectivity index is 1.44. The molecule has 4 aromatic rings. The van der Waals surface area contributed by atoms with E-state index < -0.39 is 24.9 Å². The van der Waals surface area contributed by atoms with Gasteiger partial charge in [-0.1, -0.05) is 36.4 Å². The summed E-state index contributed by atoms with van der Waals surface area (Å²) in [5.41, 5.74) is 3.71. The first-order chi connectivity index (χ1) is 16.7. The van der Waals surface area contributed by atoms with Crippen LogP contribution in [-0.4, -0.2) is 21.7 Å². The lowest BCUT2D eigenvalue weighted by Crippen LogP contribution is -2.21. The van der Waals surface area contributed by atoms with Crippen LogP contribution in [0.3, 0.4) is 0 Å². The summed E-state index contributed by atoms with van der Waals surface area (Å²) >= 11 is 0. The molecule has 2 heterocycles. The van der Waals surface area contributed by atoms with Crippen LogP contribution in [0.2, 0.25) is 0 Å². The number of nitrogens with zero attached hydrogens (tertiary/aromatic N) is 3. The Morgan fingerprint density at radius 2 is 1.69 bits per heavy atom. The zero-order valence-electron chi connectivity index (χ0n) is 17.7. The molecule has 180 valence electrons. The molecule has 35 heavy (non-hydrogen) atoms. The Hall–Kier alpha value is -3.99. The third-order valence-electron chi connectivity index (χ3n) is 5.55. The normalized spacial score (nSPS) is 15.5. The van der Waals surface area contributed by atoms with Crippen LogP contribution in [0.15, 0.2) is 71.1 Å². The van der Waals surface area contributed by atoms with E-state index in [9.17, 15) is 27.1 Å². The number of rotatable bonds is 5. The summed E-state index contributed by atoms with van der Waals surface area (Å²) in [5, 5.41) is 18.1. The number of benzene rings is 3. The minimum atomic E-state index is -4.79. The van der Waals surface area contributed by atoms with Crippen molar-refractivity contribution < 1.29 is 36.2 Å². The van der Waals surface area contributed by atoms with Crippen LogP contribution in [0, 0.1) is 0 Å². The molecule has 1 aliphatic heterocycles. The predicted octanol–water partition coefficient (Wildman–Crippen LogP) is 6.25. The lowest BCUT2D eigenvalue weighted by Gasteiger charge is -2.26. The molecule has 0 radical (unpaired) electrons. The van der Waals surface area contributed by atoms with Gasteiger partial charge in [0.15, 0.2) is 6.23 Å². The van der Waals surface area contributed by atoms with Gasteiger partial charge < -0.3 is 19.2 Å². The van der Waals surface area contributed by atoms with E-state index in [0.717, 1.165) is 5.56 Å². The van der Waals surface area contributed by atoms with Crippen LogP contribution in [-0.2, 0) is 6.54 Å². The number of para-hydroxylation sites is 1. The third kappa shape index (κ3) is 4.54. The summed E-state index contributed by atoms with van der Waals surface area (Å²) in [7, 11) is 0. The molecule has 0 fully saturated rings. The largest absolute Gasteiger partial charge is 0.573 e. The number of hydrogen-bond acceptors (Lipinski definition) is 6. The number of hydrogen-bond donors (Lipinski definition) is 1. The van der Waals surface area contributed by atoms with E-state index in [-0.39, 0.29) is 11.6 Å². The van der Waals surface area contributed by atoms with Crippen LogP contribution >= 0.6 is 0 Å². The molecule has 1 N–H and O–H groups in total. The fourth-order valence-corrected chi connectivity index (χ4v) is 4.01. The molecule has 1 unspecified atom stereocenters. The van der Waals surface area contributed by atoms with Gasteiger partial charge in [-0.15, -0.1) is 23.4 Å². The summed E-state index contributed by atoms with van der Waals surface area (Å²) < 4.78 is 71.9. The lowest BCUT2D eigenvalue weighted by molar-refractivity contribution is -0.274. The number of anilines is 1. The summed E-state index contributed by atoms with van der Waals surface area (Å²) in [5.74, 6) is -1.21. The highest BCUT2D eigenvalue weighted by atomic mass is 19.4. The van der Waals surface area contributed by atoms with Gasteiger partial charge in [0.25, 0.3) is 5.89 Å². The molecular formula is C24H16F5N3O3. The first-order valence-corrected chi connectivity index (χ1v) is 10.3. The van der Waals surface area contributed by atoms with Crippen molar-refractivity contribution >= 4 is 5.69 Å². The average Bonchev–Trinajstić information content (AvgIpc) is 3.44. The molecule has 0 saturated heterocycles. The highest BCUT2D eigenvalue weighted by molar-refractivity contribution is 5.80. The quantitative estimate of drug-likeness (QED) is 0.334. The van der Waals surface area contributed by atoms with Crippen LogP contribution in [0.4, 0.5) is 27.6 Å². The number of aliphatic hydroxyl groups is 1. The molecule has 6 nitrogen and oxygen atoms in total. The maximum atomic E-state index is 12.8. The smallest absolute Gasteiger partial charge is 0.415 e. The molecule has 5 rings (SSSR count). The number of fused-ring (bicyclic) bond motifs is 1. The number of aromatic nitrogens is 2. The number of aliphatic hydroxyl groups excluding tert-OH is 1. The summed E-state index contributed by atoms with van der Waals surface area (Å²) in [6, 6.07) is 17.6. The maximum absolute atomic E-state index is 12.8. The first kappa shape index (κ1) is 22.8. The molecule has 0 amide bonds. The topological polar surface area (TPSA) is 71.6 Å². The van der Waals surface area contributed by atoms with Gasteiger partial charge in [-0.3, -0.25) is 0 Å². The second kappa shape index (κ2) is 8.66. The fraction of sp³-hybridized carbons (Fsp3) is 0.167. The Bertz CT molecular complexity index is 1360. The Labute approximate surface area is 195 Å². The van der Waals surface area contributed by atoms with Crippen molar-refractivity contribution in [3.05, 3.63) is 83.7 Å². The second-order valence-corrected chi connectivity index (χ2v) is 7.75. The lowest BCUT2D eigenvalue weighted by atomic mass is 10.0. The highest BCUT2D eigenvalue weighted by Gasteiger charge is 2.32. The molecule has 0 spiro atoms. The van der Waals surface area contributed by atoms with Crippen LogP contribution in [0.1, 0.15) is 29.7 Å². The van der Waals surface area contributed by atoms with Gasteiger partial charge in [0.1, 0.15) is 5.75 Å². The van der Waals surface area contributed by atoms with E-state index in [1.807, 2.05) is 0 Å². The van der Waals surface area contributed by atoms with Crippen LogP contribution in [0.5, 0.6) is 5.75 Å². The summed E-state index contributed by atoms with van der Waals surface area (Å²) in [6.07, 6.45) is -8.75. The number of ether oxygens (including phenoxy) is 1. The minimum Gasteiger partial charge on any atom is -0.415 e. The molecule has 1 aromatic heterocycles. The van der Waals surface area contributed by atoms with Crippen LogP contribution < -0.4 is 9.64 Å². The van der Waals surface area contributed by atoms with Gasteiger partial charge in [-0.2, -0.15) is 8.78 Å². The van der Waals surface area contributed by atoms with Gasteiger partial charge in [-0.25, -0.2) is 0 Å². The van der Waals surface area contributed by atoms with Gasteiger partial charge in [0.2, 0.25) is 5.89 Å². The Morgan fingerprint density at radius 3 is 2.37 bits per heavy atom. The van der Waals surface area contributed by atoms with E-state index in [0.29, 0.717) is 34.5 Å². The van der Waals surface area contributed by atoms with E-state index in [4.69, 9.17) is 4.42 Å². The van der Waals surface area contributed by atoms with Crippen molar-refractivity contribution in [3.8, 4) is 28.3 Å². The molecule has 0 aliphatic carbocycles. The van der Waals surface area contributed by atoms with Gasteiger partial charge in [-0.05, 0) is 41.5 Å². The van der Waals surface area contributed by atoms with Crippen molar-refractivity contribution in [2.45, 2.75) is 25.6 Å². The summed E-state index contributed by atoms with van der Waals surface area (Å²) in [6.45, 7) is 0.342. The average molecular weight is 489 g/mol. The van der Waals surface area contributed by atoms with E-state index in [2.05, 4.69) is 14.9 Å². The van der Waals surface area contributed by atoms with Crippen molar-refractivity contribution in [1.29, 1.82) is 0 Å². The molecule has 1 atom stereocenters. The van der Waals surface area contributed by atoms with Crippen LogP contribution in [0.25, 0.3) is 22.6 Å². The zero-order chi connectivity index (χ0) is 24.7. The Kier molecular flexibility index (Phi) is 5.64. The maximum Gasteiger partial charge on any atom is 0.573 e. The zero-order valence-corrected chi connectivity index (χ0v) is 17.7. The predicted molar refractivity (Wildman–Crippen MR) is 114 cm³/mol. The third-order valence-corrected chi connectivity index (χ3v) is 5.55. The van der Waals surface area contributed by atoms with E-state index in [1.54, 1.807) is 47.4 Å². The van der Waals surface area contributed by atoms with Gasteiger partial charge in [0, 0.05) is 28.9 Å². The Morgan fingerprint density at radius 1 is 0.971 bits per heavy atom. The number of halogens is 5. The first-order valence-electron chi connectivity index (χ1n) is 10.3.